The molecule has 94 valence electrons. The second kappa shape index (κ2) is 3.81. The van der Waals surface area contributed by atoms with Crippen molar-refractivity contribution in [1.82, 2.24) is 4.57 Å². The van der Waals surface area contributed by atoms with Crippen molar-refractivity contribution >= 4 is 0 Å². The van der Waals surface area contributed by atoms with E-state index in [0.717, 1.165) is 11.4 Å². The minimum Gasteiger partial charge on any atom is -0.394 e. The summed E-state index contributed by atoms with van der Waals surface area (Å²) in [5.74, 6) is -0.774. The molecule has 0 amide bonds. The van der Waals surface area contributed by atoms with Crippen LogP contribution in [-0.2, 0) is 22.6 Å². The van der Waals surface area contributed by atoms with Gasteiger partial charge in [0, 0.05) is 17.8 Å². The van der Waals surface area contributed by atoms with E-state index in [1.807, 2.05) is 19.1 Å². The minimum atomic E-state index is -0.774. The maximum absolute atomic E-state index is 9.80. The van der Waals surface area contributed by atoms with E-state index in [9.17, 15) is 5.11 Å². The molecule has 17 heavy (non-hydrogen) atoms. The number of aryl methyl sites for hydroxylation is 1. The lowest BCUT2D eigenvalue weighted by molar-refractivity contribution is -0.255. The van der Waals surface area contributed by atoms with E-state index in [1.54, 1.807) is 0 Å². The Hall–Kier alpha value is -0.880. The number of fused-ring (bicyclic) bond motifs is 1. The predicted octanol–water partition coefficient (Wildman–Crippen LogP) is 0.165. The van der Waals surface area contributed by atoms with Gasteiger partial charge in [-0.3, -0.25) is 0 Å². The number of hydrogen-bond acceptors (Lipinski definition) is 4. The third-order valence-electron chi connectivity index (χ3n) is 3.67. The van der Waals surface area contributed by atoms with Crippen molar-refractivity contribution in [1.29, 1.82) is 0 Å². The molecule has 1 fully saturated rings. The van der Waals surface area contributed by atoms with Gasteiger partial charge in [-0.1, -0.05) is 0 Å². The zero-order chi connectivity index (χ0) is 12.0. The topological polar surface area (TPSA) is 63.9 Å². The molecule has 3 atom stereocenters. The van der Waals surface area contributed by atoms with Crippen LogP contribution in [0.5, 0.6) is 0 Å². The SMILES string of the molecule is Cc1ccc2n1C[C@]1(C[C@H](O)[C@@H](CO)O1)OC2. The lowest BCUT2D eigenvalue weighted by Gasteiger charge is -2.35. The number of ether oxygens (including phenoxy) is 2. The molecule has 5 heteroatoms. The Kier molecular flexibility index (Phi) is 2.52. The van der Waals surface area contributed by atoms with Crippen molar-refractivity contribution < 1.29 is 19.7 Å². The summed E-state index contributed by atoms with van der Waals surface area (Å²) in [6.07, 6.45) is -0.778. The van der Waals surface area contributed by atoms with Gasteiger partial charge in [0.05, 0.1) is 25.9 Å². The van der Waals surface area contributed by atoms with Gasteiger partial charge in [0.1, 0.15) is 6.10 Å². The van der Waals surface area contributed by atoms with Crippen LogP contribution in [0.3, 0.4) is 0 Å². The fourth-order valence-corrected chi connectivity index (χ4v) is 2.67. The first-order valence-electron chi connectivity index (χ1n) is 5.89. The Morgan fingerprint density at radius 3 is 3.06 bits per heavy atom. The summed E-state index contributed by atoms with van der Waals surface area (Å²) in [6, 6.07) is 4.09. The summed E-state index contributed by atoms with van der Waals surface area (Å²) in [5, 5.41) is 18.9. The zero-order valence-corrected chi connectivity index (χ0v) is 9.80. The second-order valence-corrected chi connectivity index (χ2v) is 4.86. The number of rotatable bonds is 1. The molecule has 1 spiro atoms. The molecule has 5 nitrogen and oxygen atoms in total. The van der Waals surface area contributed by atoms with Gasteiger partial charge in [0.25, 0.3) is 0 Å². The normalized spacial score (nSPS) is 36.4. The maximum atomic E-state index is 9.80. The highest BCUT2D eigenvalue weighted by Crippen LogP contribution is 2.37. The van der Waals surface area contributed by atoms with Crippen LogP contribution in [0.1, 0.15) is 17.8 Å². The third kappa shape index (κ3) is 1.70. The van der Waals surface area contributed by atoms with Crippen LogP contribution in [0, 0.1) is 6.92 Å². The number of aromatic nitrogens is 1. The molecule has 0 aliphatic carbocycles. The average molecular weight is 239 g/mol. The molecule has 1 aromatic rings. The van der Waals surface area contributed by atoms with Crippen molar-refractivity contribution in [3.8, 4) is 0 Å². The molecular weight excluding hydrogens is 222 g/mol. The van der Waals surface area contributed by atoms with Gasteiger partial charge >= 0.3 is 0 Å². The van der Waals surface area contributed by atoms with Crippen LogP contribution in [0.4, 0.5) is 0 Å². The van der Waals surface area contributed by atoms with Crippen LogP contribution in [-0.4, -0.2) is 39.4 Å². The Morgan fingerprint density at radius 2 is 2.35 bits per heavy atom. The van der Waals surface area contributed by atoms with E-state index < -0.39 is 18.0 Å². The summed E-state index contributed by atoms with van der Waals surface area (Å²) in [4.78, 5) is 0. The van der Waals surface area contributed by atoms with E-state index in [4.69, 9.17) is 14.6 Å². The molecule has 2 aliphatic heterocycles. The summed E-state index contributed by atoms with van der Waals surface area (Å²) in [6.45, 7) is 2.93. The highest BCUT2D eigenvalue weighted by molar-refractivity contribution is 5.17. The molecule has 2 N–H and O–H groups in total. The van der Waals surface area contributed by atoms with Crippen molar-refractivity contribution in [2.75, 3.05) is 6.61 Å². The summed E-state index contributed by atoms with van der Waals surface area (Å²) >= 11 is 0. The van der Waals surface area contributed by atoms with Crippen LogP contribution >= 0.6 is 0 Å². The van der Waals surface area contributed by atoms with Crippen molar-refractivity contribution in [2.24, 2.45) is 0 Å². The quantitative estimate of drug-likeness (QED) is 0.733. The van der Waals surface area contributed by atoms with Crippen LogP contribution in [0.15, 0.2) is 12.1 Å². The molecule has 0 radical (unpaired) electrons. The Morgan fingerprint density at radius 1 is 1.53 bits per heavy atom. The minimum absolute atomic E-state index is 0.177. The van der Waals surface area contributed by atoms with Crippen molar-refractivity contribution in [3.63, 3.8) is 0 Å². The van der Waals surface area contributed by atoms with Gasteiger partial charge in [0.15, 0.2) is 5.79 Å². The first-order valence-corrected chi connectivity index (χ1v) is 5.89. The standard InChI is InChI=1S/C12H17NO4/c1-8-2-3-9-6-16-12(7-13(8)9)4-10(15)11(5-14)17-12/h2-3,10-11,14-15H,4-7H2,1H3/t10-,11+,12+/m0/s1. The van der Waals surface area contributed by atoms with E-state index >= 15 is 0 Å². The highest BCUT2D eigenvalue weighted by Gasteiger charge is 2.48. The zero-order valence-electron chi connectivity index (χ0n) is 9.80. The lowest BCUT2D eigenvalue weighted by atomic mass is 10.1. The van der Waals surface area contributed by atoms with Crippen LogP contribution < -0.4 is 0 Å². The molecule has 0 unspecified atom stereocenters. The maximum Gasteiger partial charge on any atom is 0.189 e. The Labute approximate surface area is 99.6 Å². The van der Waals surface area contributed by atoms with E-state index in [-0.39, 0.29) is 6.61 Å². The Bertz CT molecular complexity index is 430. The molecule has 0 saturated carbocycles. The summed E-state index contributed by atoms with van der Waals surface area (Å²) < 4.78 is 13.6. The molecule has 0 aromatic carbocycles. The number of nitrogens with zero attached hydrogens (tertiary/aromatic N) is 1. The lowest BCUT2D eigenvalue weighted by Crippen LogP contribution is -2.42. The van der Waals surface area contributed by atoms with Crippen molar-refractivity contribution in [3.05, 3.63) is 23.5 Å². The van der Waals surface area contributed by atoms with Gasteiger partial charge in [-0.05, 0) is 19.1 Å². The van der Waals surface area contributed by atoms with Gasteiger partial charge < -0.3 is 24.3 Å². The molecule has 1 saturated heterocycles. The monoisotopic (exact) mass is 239 g/mol. The molecular formula is C12H17NO4. The van der Waals surface area contributed by atoms with Gasteiger partial charge in [-0.2, -0.15) is 0 Å². The Balaban J connectivity index is 1.86. The van der Waals surface area contributed by atoms with E-state index in [0.29, 0.717) is 19.6 Å². The third-order valence-corrected chi connectivity index (χ3v) is 3.67. The number of hydrogen-bond donors (Lipinski definition) is 2. The largest absolute Gasteiger partial charge is 0.394 e. The number of aliphatic hydroxyl groups excluding tert-OH is 2. The molecule has 2 aliphatic rings. The molecule has 3 heterocycles. The highest BCUT2D eigenvalue weighted by atomic mass is 16.7. The van der Waals surface area contributed by atoms with Crippen LogP contribution in [0.2, 0.25) is 0 Å². The predicted molar refractivity (Wildman–Crippen MR) is 59.3 cm³/mol. The second-order valence-electron chi connectivity index (χ2n) is 4.86. The van der Waals surface area contributed by atoms with E-state index in [2.05, 4.69) is 4.57 Å². The number of aliphatic hydroxyl groups is 2. The fourth-order valence-electron chi connectivity index (χ4n) is 2.67. The van der Waals surface area contributed by atoms with Gasteiger partial charge in [-0.15, -0.1) is 0 Å². The van der Waals surface area contributed by atoms with Crippen molar-refractivity contribution in [2.45, 2.75) is 44.5 Å². The molecule has 0 bridgehead atoms. The smallest absolute Gasteiger partial charge is 0.189 e. The van der Waals surface area contributed by atoms with Crippen LogP contribution in [0.25, 0.3) is 0 Å². The summed E-state index contributed by atoms with van der Waals surface area (Å²) in [5.41, 5.74) is 2.28. The van der Waals surface area contributed by atoms with Gasteiger partial charge in [0.2, 0.25) is 0 Å². The fraction of sp³-hybridized carbons (Fsp3) is 0.667. The van der Waals surface area contributed by atoms with Gasteiger partial charge in [-0.25, -0.2) is 0 Å². The first kappa shape index (κ1) is 11.2. The summed E-state index contributed by atoms with van der Waals surface area (Å²) in [7, 11) is 0. The first-order chi connectivity index (χ1) is 8.13. The molecule has 1 aromatic heterocycles. The average Bonchev–Trinajstić information content (AvgIpc) is 2.82. The molecule has 3 rings (SSSR count). The van der Waals surface area contributed by atoms with E-state index in [1.165, 1.54) is 0 Å².